The van der Waals surface area contributed by atoms with Crippen LogP contribution in [0.2, 0.25) is 0 Å². The van der Waals surface area contributed by atoms with Crippen LogP contribution in [0.5, 0.6) is 0 Å². The summed E-state index contributed by atoms with van der Waals surface area (Å²) in [7, 11) is 0. The van der Waals surface area contributed by atoms with E-state index in [1.54, 1.807) is 18.3 Å². The van der Waals surface area contributed by atoms with Gasteiger partial charge in [-0.3, -0.25) is 9.89 Å². The summed E-state index contributed by atoms with van der Waals surface area (Å²) in [6, 6.07) is 6.38. The lowest BCUT2D eigenvalue weighted by atomic mass is 9.97. The van der Waals surface area contributed by atoms with Gasteiger partial charge in [0.1, 0.15) is 11.6 Å². The summed E-state index contributed by atoms with van der Waals surface area (Å²) in [5.41, 5.74) is 3.40. The highest BCUT2D eigenvalue weighted by Gasteiger charge is 2.30. The first-order chi connectivity index (χ1) is 14.0. The number of nitrogens with zero attached hydrogens (tertiary/aromatic N) is 3. The van der Waals surface area contributed by atoms with Crippen molar-refractivity contribution in [3.05, 3.63) is 70.4 Å². The fourth-order valence-corrected chi connectivity index (χ4v) is 3.90. The number of aromatic nitrogens is 3. The number of halogens is 1. The molecule has 1 aliphatic rings. The minimum atomic E-state index is -0.253. The number of rotatable bonds is 5. The van der Waals surface area contributed by atoms with Gasteiger partial charge >= 0.3 is 0 Å². The Labute approximate surface area is 169 Å². The molecule has 1 saturated heterocycles. The van der Waals surface area contributed by atoms with E-state index in [4.69, 9.17) is 4.42 Å². The molecule has 1 aliphatic heterocycles. The highest BCUT2D eigenvalue weighted by Crippen LogP contribution is 2.28. The van der Waals surface area contributed by atoms with Gasteiger partial charge in [0.25, 0.3) is 5.91 Å². The van der Waals surface area contributed by atoms with Gasteiger partial charge in [-0.05, 0) is 43.9 Å². The maximum Gasteiger partial charge on any atom is 0.274 e. The van der Waals surface area contributed by atoms with Crippen molar-refractivity contribution >= 4 is 5.91 Å². The van der Waals surface area contributed by atoms with E-state index in [1.807, 2.05) is 18.7 Å². The van der Waals surface area contributed by atoms with Crippen LogP contribution in [0.3, 0.4) is 0 Å². The molecule has 0 spiro atoms. The molecule has 0 radical (unpaired) electrons. The van der Waals surface area contributed by atoms with E-state index < -0.39 is 0 Å². The molecule has 3 heterocycles. The number of amides is 1. The van der Waals surface area contributed by atoms with Gasteiger partial charge in [0.05, 0.1) is 12.1 Å². The number of piperidine rings is 1. The van der Waals surface area contributed by atoms with Gasteiger partial charge in [-0.1, -0.05) is 19.1 Å². The van der Waals surface area contributed by atoms with Crippen molar-refractivity contribution in [2.75, 3.05) is 13.1 Å². The molecule has 29 heavy (non-hydrogen) atoms. The number of hydrogen-bond acceptors (Lipinski definition) is 4. The summed E-state index contributed by atoms with van der Waals surface area (Å²) in [6.07, 6.45) is 4.94. The molecule has 6 nitrogen and oxygen atoms in total. The summed E-state index contributed by atoms with van der Waals surface area (Å²) in [5.74, 6) is 1.18. The van der Waals surface area contributed by atoms with E-state index in [0.717, 1.165) is 41.8 Å². The Morgan fingerprint density at radius 1 is 1.34 bits per heavy atom. The van der Waals surface area contributed by atoms with Crippen molar-refractivity contribution in [3.63, 3.8) is 0 Å². The predicted molar refractivity (Wildman–Crippen MR) is 106 cm³/mol. The third-order valence-electron chi connectivity index (χ3n) is 5.59. The second-order valence-corrected chi connectivity index (χ2v) is 7.59. The molecular weight excluding hydrogens is 371 g/mol. The van der Waals surface area contributed by atoms with Crippen molar-refractivity contribution in [2.45, 2.75) is 45.4 Å². The zero-order valence-corrected chi connectivity index (χ0v) is 16.7. The lowest BCUT2D eigenvalue weighted by molar-refractivity contribution is 0.0691. The average molecular weight is 396 g/mol. The van der Waals surface area contributed by atoms with E-state index in [9.17, 15) is 9.18 Å². The van der Waals surface area contributed by atoms with E-state index in [0.29, 0.717) is 31.1 Å². The molecule has 152 valence electrons. The molecule has 2 aromatic heterocycles. The Balaban J connectivity index is 1.44. The average Bonchev–Trinajstić information content (AvgIpc) is 3.36. The van der Waals surface area contributed by atoms with Crippen molar-refractivity contribution in [3.8, 4) is 0 Å². The smallest absolute Gasteiger partial charge is 0.274 e. The predicted octanol–water partition coefficient (Wildman–Crippen LogP) is 4.02. The number of benzene rings is 1. The first-order valence-corrected chi connectivity index (χ1v) is 10.1. The molecule has 0 aliphatic carbocycles. The molecule has 1 amide bonds. The zero-order chi connectivity index (χ0) is 20.4. The van der Waals surface area contributed by atoms with Crippen molar-refractivity contribution in [1.82, 2.24) is 20.1 Å². The Hall–Kier alpha value is -2.96. The van der Waals surface area contributed by atoms with E-state index in [1.165, 1.54) is 12.1 Å². The molecule has 1 atom stereocenters. The fourth-order valence-electron chi connectivity index (χ4n) is 3.90. The molecular formula is C22H25FN4O2. The second-order valence-electron chi connectivity index (χ2n) is 7.59. The van der Waals surface area contributed by atoms with E-state index in [-0.39, 0.29) is 17.6 Å². The zero-order valence-electron chi connectivity index (χ0n) is 16.7. The van der Waals surface area contributed by atoms with Gasteiger partial charge in [0.2, 0.25) is 0 Å². The van der Waals surface area contributed by atoms with E-state index in [2.05, 4.69) is 15.2 Å². The van der Waals surface area contributed by atoms with Crippen LogP contribution < -0.4 is 0 Å². The van der Waals surface area contributed by atoms with Crippen LogP contribution in [0.25, 0.3) is 0 Å². The maximum atomic E-state index is 13.1. The topological polar surface area (TPSA) is 75.0 Å². The molecule has 1 aromatic carbocycles. The number of aromatic amines is 1. The van der Waals surface area contributed by atoms with Crippen LogP contribution in [0.15, 0.2) is 34.9 Å². The monoisotopic (exact) mass is 396 g/mol. The SMILES string of the molecule is CCc1[nH]nc(C(=O)N2CCCC(c3ncc(Cc4ccc(F)cc4)o3)C2)c1C. The first kappa shape index (κ1) is 19.4. The van der Waals surface area contributed by atoms with Gasteiger partial charge in [0, 0.05) is 30.8 Å². The number of likely N-dealkylation sites (tertiary alicyclic amines) is 1. The highest BCUT2D eigenvalue weighted by atomic mass is 19.1. The van der Waals surface area contributed by atoms with Gasteiger partial charge in [-0.15, -0.1) is 0 Å². The minimum absolute atomic E-state index is 0.0405. The molecule has 1 unspecified atom stereocenters. The lowest BCUT2D eigenvalue weighted by Crippen LogP contribution is -2.39. The highest BCUT2D eigenvalue weighted by molar-refractivity contribution is 5.94. The number of oxazole rings is 1. The summed E-state index contributed by atoms with van der Waals surface area (Å²) in [5, 5.41) is 7.20. The summed E-state index contributed by atoms with van der Waals surface area (Å²) in [4.78, 5) is 19.3. The van der Waals surface area contributed by atoms with Crippen LogP contribution in [0.4, 0.5) is 4.39 Å². The van der Waals surface area contributed by atoms with Crippen LogP contribution in [-0.2, 0) is 12.8 Å². The quantitative estimate of drug-likeness (QED) is 0.707. The molecule has 0 saturated carbocycles. The molecule has 1 N–H and O–H groups in total. The lowest BCUT2D eigenvalue weighted by Gasteiger charge is -2.31. The molecule has 3 aromatic rings. The summed E-state index contributed by atoms with van der Waals surface area (Å²) in [6.45, 7) is 5.26. The number of hydrogen-bond donors (Lipinski definition) is 1. The Bertz CT molecular complexity index is 993. The number of carbonyl (C=O) groups excluding carboxylic acids is 1. The Morgan fingerprint density at radius 3 is 2.86 bits per heavy atom. The Kier molecular flexibility index (Phi) is 5.47. The van der Waals surface area contributed by atoms with Gasteiger partial charge in [0.15, 0.2) is 11.6 Å². The third-order valence-corrected chi connectivity index (χ3v) is 5.59. The van der Waals surface area contributed by atoms with Gasteiger partial charge < -0.3 is 9.32 Å². The molecule has 4 rings (SSSR count). The summed E-state index contributed by atoms with van der Waals surface area (Å²) >= 11 is 0. The van der Waals surface area contributed by atoms with Crippen LogP contribution >= 0.6 is 0 Å². The minimum Gasteiger partial charge on any atom is -0.445 e. The van der Waals surface area contributed by atoms with Crippen molar-refractivity contribution in [1.29, 1.82) is 0 Å². The normalized spacial score (nSPS) is 16.9. The second kappa shape index (κ2) is 8.19. The van der Waals surface area contributed by atoms with Crippen LogP contribution in [0.1, 0.15) is 64.6 Å². The number of H-pyrrole nitrogens is 1. The van der Waals surface area contributed by atoms with Gasteiger partial charge in [-0.25, -0.2) is 9.37 Å². The van der Waals surface area contributed by atoms with Crippen LogP contribution in [0, 0.1) is 12.7 Å². The fraction of sp³-hybridized carbons (Fsp3) is 0.409. The summed E-state index contributed by atoms with van der Waals surface area (Å²) < 4.78 is 19.0. The number of aryl methyl sites for hydroxylation is 1. The van der Waals surface area contributed by atoms with E-state index >= 15 is 0 Å². The molecule has 1 fully saturated rings. The van der Waals surface area contributed by atoms with Gasteiger partial charge in [-0.2, -0.15) is 5.10 Å². The maximum absolute atomic E-state index is 13.1. The number of nitrogens with one attached hydrogen (secondary N) is 1. The largest absolute Gasteiger partial charge is 0.445 e. The molecule has 7 heteroatoms. The molecule has 0 bridgehead atoms. The third kappa shape index (κ3) is 4.09. The number of carbonyl (C=O) groups is 1. The van der Waals surface area contributed by atoms with Crippen molar-refractivity contribution < 1.29 is 13.6 Å². The Morgan fingerprint density at radius 2 is 2.14 bits per heavy atom. The van der Waals surface area contributed by atoms with Crippen LogP contribution in [-0.4, -0.2) is 39.1 Å². The van der Waals surface area contributed by atoms with Crippen molar-refractivity contribution in [2.24, 2.45) is 0 Å². The first-order valence-electron chi connectivity index (χ1n) is 10.1. The standard InChI is InChI=1S/C22H25FN4O2/c1-3-19-14(2)20(26-25-19)22(28)27-10-4-5-16(13-27)21-24-12-18(29-21)11-15-6-8-17(23)9-7-15/h6-9,12,16H,3-5,10-11,13H2,1-2H3,(H,25,26).